The molecule has 0 aliphatic carbocycles. The van der Waals surface area contributed by atoms with E-state index in [9.17, 15) is 22.7 Å². The van der Waals surface area contributed by atoms with E-state index in [0.717, 1.165) is 5.56 Å². The first kappa shape index (κ1) is 26.9. The summed E-state index contributed by atoms with van der Waals surface area (Å²) in [4.78, 5) is 11.7. The number of halogens is 2. The van der Waals surface area contributed by atoms with Crippen LogP contribution in [0, 0.1) is 12.7 Å². The monoisotopic (exact) mass is 547 g/mol. The van der Waals surface area contributed by atoms with Crippen LogP contribution in [0.2, 0.25) is 5.02 Å². The fourth-order valence-electron chi connectivity index (χ4n) is 4.13. The Kier molecular flexibility index (Phi) is 7.50. The Morgan fingerprint density at radius 1 is 1.16 bits per heavy atom. The third kappa shape index (κ3) is 5.74. The third-order valence-electron chi connectivity index (χ3n) is 6.14. The summed E-state index contributed by atoms with van der Waals surface area (Å²) in [6.45, 7) is 4.41. The molecule has 1 aliphatic rings. The Labute approximate surface area is 220 Å². The Morgan fingerprint density at radius 3 is 2.57 bits per heavy atom. The van der Waals surface area contributed by atoms with Crippen molar-refractivity contribution in [2.75, 3.05) is 10.8 Å². The van der Waals surface area contributed by atoms with Gasteiger partial charge in [0.05, 0.1) is 28.3 Å². The molecule has 0 unspecified atom stereocenters. The van der Waals surface area contributed by atoms with Gasteiger partial charge in [-0.15, -0.1) is 0 Å². The van der Waals surface area contributed by atoms with Crippen molar-refractivity contribution < 1.29 is 32.2 Å². The minimum absolute atomic E-state index is 0.0947. The minimum atomic E-state index is -4.03. The number of sulfonamides is 1. The molecule has 0 saturated carbocycles. The first-order valence-electron chi connectivity index (χ1n) is 11.6. The van der Waals surface area contributed by atoms with Gasteiger partial charge in [-0.25, -0.2) is 17.6 Å². The maximum Gasteiger partial charge on any atom is 0.335 e. The van der Waals surface area contributed by atoms with E-state index in [1.54, 1.807) is 49.4 Å². The molecule has 3 aromatic rings. The highest BCUT2D eigenvalue weighted by Gasteiger charge is 2.38. The first-order chi connectivity index (χ1) is 17.4. The number of hydrogen-bond donors (Lipinski definition) is 1. The summed E-state index contributed by atoms with van der Waals surface area (Å²) in [7, 11) is -4.03. The van der Waals surface area contributed by atoms with E-state index in [-0.39, 0.29) is 28.6 Å². The Balaban J connectivity index is 1.71. The van der Waals surface area contributed by atoms with Crippen LogP contribution in [0.5, 0.6) is 5.75 Å². The van der Waals surface area contributed by atoms with Gasteiger partial charge >= 0.3 is 5.97 Å². The lowest BCUT2D eigenvalue weighted by molar-refractivity contribution is -0.167. The van der Waals surface area contributed by atoms with Crippen LogP contribution in [0.25, 0.3) is 0 Å². The van der Waals surface area contributed by atoms with Crippen LogP contribution in [-0.4, -0.2) is 37.7 Å². The molecule has 0 amide bonds. The Bertz CT molecular complexity index is 1420. The highest BCUT2D eigenvalue weighted by Crippen LogP contribution is 2.37. The maximum atomic E-state index is 14.2. The average Bonchev–Trinajstić information content (AvgIpc) is 2.83. The summed E-state index contributed by atoms with van der Waals surface area (Å²) in [5, 5.41) is 9.75. The number of rotatable bonds is 8. The van der Waals surface area contributed by atoms with Crippen molar-refractivity contribution in [1.29, 1.82) is 0 Å². The summed E-state index contributed by atoms with van der Waals surface area (Å²) in [5.41, 5.74) is 0.479. The molecule has 1 N–H and O–H groups in total. The number of carbonyl (C=O) groups is 1. The van der Waals surface area contributed by atoms with Crippen molar-refractivity contribution in [2.24, 2.45) is 0 Å². The highest BCUT2D eigenvalue weighted by atomic mass is 35.5. The molecule has 37 heavy (non-hydrogen) atoms. The lowest BCUT2D eigenvalue weighted by Crippen LogP contribution is -2.48. The first-order valence-corrected chi connectivity index (χ1v) is 13.4. The van der Waals surface area contributed by atoms with E-state index < -0.39 is 33.5 Å². The van der Waals surface area contributed by atoms with Crippen LogP contribution in [-0.2, 0) is 32.6 Å². The van der Waals surface area contributed by atoms with Crippen molar-refractivity contribution >= 4 is 33.3 Å². The lowest BCUT2D eigenvalue weighted by atomic mass is 10.00. The molecular weight excluding hydrogens is 521 g/mol. The molecular formula is C27H27ClFNO6S. The predicted molar refractivity (Wildman–Crippen MR) is 138 cm³/mol. The van der Waals surface area contributed by atoms with Gasteiger partial charge in [0, 0.05) is 18.1 Å². The summed E-state index contributed by atoms with van der Waals surface area (Å²) >= 11 is 6.10. The fraction of sp³-hybridized carbons (Fsp3) is 0.296. The molecule has 1 atom stereocenters. The van der Waals surface area contributed by atoms with Gasteiger partial charge in [-0.05, 0) is 62.2 Å². The molecule has 0 fully saturated rings. The standard InChI is InChI=1S/C27H27ClFNO6S/c1-17-6-4-7-21(12-17)37(33,34)30-15-20(36-27(2,3)26(31)32)13-18-10-11-19(14-25(18)30)35-16-22-23(28)8-5-9-24(22)29/h4-12,14,20H,13,15-16H2,1-3H3,(H,31,32)/t20-/m1/s1. The van der Waals surface area contributed by atoms with Gasteiger partial charge in [-0.2, -0.15) is 0 Å². The number of benzene rings is 3. The predicted octanol–water partition coefficient (Wildman–Crippen LogP) is 5.37. The minimum Gasteiger partial charge on any atom is -0.489 e. The molecule has 7 nitrogen and oxygen atoms in total. The number of ether oxygens (including phenoxy) is 2. The van der Waals surface area contributed by atoms with Gasteiger partial charge in [-0.1, -0.05) is 35.9 Å². The molecule has 0 spiro atoms. The highest BCUT2D eigenvalue weighted by molar-refractivity contribution is 7.92. The maximum absolute atomic E-state index is 14.2. The van der Waals surface area contributed by atoms with E-state index in [1.165, 1.54) is 36.4 Å². The number of carboxylic acid groups (broad SMARTS) is 1. The third-order valence-corrected chi connectivity index (χ3v) is 8.27. The number of carboxylic acids is 1. The number of nitrogens with zero attached hydrogens (tertiary/aromatic N) is 1. The molecule has 196 valence electrons. The Hall–Kier alpha value is -3.14. The van der Waals surface area contributed by atoms with Crippen molar-refractivity contribution in [2.45, 2.75) is 50.4 Å². The summed E-state index contributed by atoms with van der Waals surface area (Å²) in [6.07, 6.45) is -0.409. The van der Waals surface area contributed by atoms with Crippen LogP contribution < -0.4 is 9.04 Å². The molecule has 4 rings (SSSR count). The zero-order valence-electron chi connectivity index (χ0n) is 20.6. The molecule has 1 heterocycles. The van der Waals surface area contributed by atoms with Gasteiger partial charge < -0.3 is 14.6 Å². The molecule has 10 heteroatoms. The number of aliphatic carboxylic acids is 1. The van der Waals surface area contributed by atoms with Crippen LogP contribution in [0.4, 0.5) is 10.1 Å². The average molecular weight is 548 g/mol. The van der Waals surface area contributed by atoms with E-state index in [1.807, 2.05) is 0 Å². The topological polar surface area (TPSA) is 93.1 Å². The quantitative estimate of drug-likeness (QED) is 0.408. The van der Waals surface area contributed by atoms with Gasteiger partial charge in [-0.3, -0.25) is 4.31 Å². The van der Waals surface area contributed by atoms with E-state index in [4.69, 9.17) is 21.1 Å². The second-order valence-corrected chi connectivity index (χ2v) is 11.7. The fourth-order valence-corrected chi connectivity index (χ4v) is 5.98. The summed E-state index contributed by atoms with van der Waals surface area (Å²) in [5.74, 6) is -1.33. The largest absolute Gasteiger partial charge is 0.489 e. The Morgan fingerprint density at radius 2 is 1.89 bits per heavy atom. The van der Waals surface area contributed by atoms with Crippen LogP contribution >= 0.6 is 11.6 Å². The van der Waals surface area contributed by atoms with Crippen molar-refractivity contribution in [1.82, 2.24) is 0 Å². The summed E-state index contributed by atoms with van der Waals surface area (Å²) < 4.78 is 54.6. The van der Waals surface area contributed by atoms with Crippen molar-refractivity contribution in [3.8, 4) is 5.75 Å². The lowest BCUT2D eigenvalue weighted by Gasteiger charge is -2.37. The zero-order chi connectivity index (χ0) is 27.0. The smallest absolute Gasteiger partial charge is 0.335 e. The van der Waals surface area contributed by atoms with Gasteiger partial charge in [0.25, 0.3) is 10.0 Å². The normalized spacial score (nSPS) is 15.8. The van der Waals surface area contributed by atoms with Gasteiger partial charge in [0.1, 0.15) is 18.2 Å². The van der Waals surface area contributed by atoms with Crippen molar-refractivity contribution in [3.05, 3.63) is 88.2 Å². The van der Waals surface area contributed by atoms with Crippen molar-refractivity contribution in [3.63, 3.8) is 0 Å². The zero-order valence-corrected chi connectivity index (χ0v) is 22.1. The molecule has 0 saturated heterocycles. The van der Waals surface area contributed by atoms with Crippen LogP contribution in [0.15, 0.2) is 65.6 Å². The number of aryl methyl sites for hydroxylation is 1. The van der Waals surface area contributed by atoms with E-state index in [2.05, 4.69) is 0 Å². The number of hydrogen-bond acceptors (Lipinski definition) is 5. The molecule has 3 aromatic carbocycles. The number of fused-ring (bicyclic) bond motifs is 1. The molecule has 0 bridgehead atoms. The van der Waals surface area contributed by atoms with E-state index >= 15 is 0 Å². The second-order valence-electron chi connectivity index (χ2n) is 9.39. The van der Waals surface area contributed by atoms with E-state index in [0.29, 0.717) is 23.4 Å². The molecule has 0 aromatic heterocycles. The van der Waals surface area contributed by atoms with Crippen LogP contribution in [0.3, 0.4) is 0 Å². The number of anilines is 1. The SMILES string of the molecule is Cc1cccc(S(=O)(=O)N2C[C@H](OC(C)(C)C(=O)O)Cc3ccc(OCc4c(F)cccc4Cl)cc32)c1. The summed E-state index contributed by atoms with van der Waals surface area (Å²) in [6, 6.07) is 15.8. The second kappa shape index (κ2) is 10.3. The van der Waals surface area contributed by atoms with Gasteiger partial charge in [0.15, 0.2) is 5.60 Å². The van der Waals surface area contributed by atoms with Crippen LogP contribution in [0.1, 0.15) is 30.5 Å². The molecule has 0 radical (unpaired) electrons. The van der Waals surface area contributed by atoms with Gasteiger partial charge in [0.2, 0.25) is 0 Å². The molecule has 1 aliphatic heterocycles.